The zero-order valence-corrected chi connectivity index (χ0v) is 9.49. The molecule has 0 aliphatic carbocycles. The van der Waals surface area contributed by atoms with Crippen molar-refractivity contribution in [2.45, 2.75) is 6.54 Å². The van der Waals surface area contributed by atoms with Gasteiger partial charge >= 0.3 is 0 Å². The van der Waals surface area contributed by atoms with Crippen LogP contribution in [0, 0.1) is 5.82 Å². The van der Waals surface area contributed by atoms with Crippen LogP contribution in [-0.4, -0.2) is 10.2 Å². The number of halogens is 2. The lowest BCUT2D eigenvalue weighted by Gasteiger charge is -2.06. The van der Waals surface area contributed by atoms with Crippen molar-refractivity contribution in [1.82, 2.24) is 10.2 Å². The standard InChI is InChI=1S/C11H9ClFN3O/c12-8-2-1-3-9(11(8)13)17-10-5-4-7(6-14)15-16-10/h1-5H,6,14H2. The summed E-state index contributed by atoms with van der Waals surface area (Å²) in [5.41, 5.74) is 6.00. The number of hydrogen-bond donors (Lipinski definition) is 1. The van der Waals surface area contributed by atoms with Gasteiger partial charge in [-0.2, -0.15) is 5.10 Å². The molecule has 0 spiro atoms. The number of hydrogen-bond acceptors (Lipinski definition) is 4. The molecule has 6 heteroatoms. The maximum Gasteiger partial charge on any atom is 0.239 e. The van der Waals surface area contributed by atoms with Gasteiger partial charge in [-0.05, 0) is 18.2 Å². The highest BCUT2D eigenvalue weighted by Gasteiger charge is 2.09. The van der Waals surface area contributed by atoms with Crippen molar-refractivity contribution in [1.29, 1.82) is 0 Å². The van der Waals surface area contributed by atoms with E-state index in [2.05, 4.69) is 10.2 Å². The lowest BCUT2D eigenvalue weighted by Crippen LogP contribution is -2.01. The van der Waals surface area contributed by atoms with Crippen LogP contribution < -0.4 is 10.5 Å². The molecule has 0 aliphatic heterocycles. The number of ether oxygens (including phenoxy) is 1. The van der Waals surface area contributed by atoms with Crippen molar-refractivity contribution in [2.24, 2.45) is 5.73 Å². The fraction of sp³-hybridized carbons (Fsp3) is 0.0909. The van der Waals surface area contributed by atoms with E-state index in [0.29, 0.717) is 12.2 Å². The Hall–Kier alpha value is -1.72. The summed E-state index contributed by atoms with van der Waals surface area (Å²) in [6.07, 6.45) is 0. The lowest BCUT2D eigenvalue weighted by atomic mass is 10.3. The Kier molecular flexibility index (Phi) is 3.51. The molecule has 1 heterocycles. The Labute approximate surface area is 102 Å². The molecule has 0 fully saturated rings. The van der Waals surface area contributed by atoms with Crippen LogP contribution in [0.3, 0.4) is 0 Å². The maximum absolute atomic E-state index is 13.5. The van der Waals surface area contributed by atoms with Crippen LogP contribution in [-0.2, 0) is 6.54 Å². The summed E-state index contributed by atoms with van der Waals surface area (Å²) in [5, 5.41) is 7.54. The maximum atomic E-state index is 13.5. The van der Waals surface area contributed by atoms with Gasteiger partial charge in [0.15, 0.2) is 11.6 Å². The van der Waals surface area contributed by atoms with Crippen molar-refractivity contribution >= 4 is 11.6 Å². The quantitative estimate of drug-likeness (QED) is 0.913. The van der Waals surface area contributed by atoms with Crippen LogP contribution in [0.1, 0.15) is 5.69 Å². The Morgan fingerprint density at radius 2 is 2.06 bits per heavy atom. The average Bonchev–Trinajstić information content (AvgIpc) is 2.36. The molecule has 0 aliphatic rings. The van der Waals surface area contributed by atoms with Crippen LogP contribution in [0.4, 0.5) is 4.39 Å². The predicted molar refractivity (Wildman–Crippen MR) is 61.4 cm³/mol. The molecule has 0 unspecified atom stereocenters. The van der Waals surface area contributed by atoms with Gasteiger partial charge in [-0.25, -0.2) is 4.39 Å². The molecular weight excluding hydrogens is 245 g/mol. The van der Waals surface area contributed by atoms with Crippen LogP contribution in [0.2, 0.25) is 5.02 Å². The summed E-state index contributed by atoms with van der Waals surface area (Å²) in [6, 6.07) is 7.70. The summed E-state index contributed by atoms with van der Waals surface area (Å²) in [7, 11) is 0. The van der Waals surface area contributed by atoms with E-state index in [1.807, 2.05) is 0 Å². The molecule has 2 rings (SSSR count). The molecule has 0 amide bonds. The summed E-state index contributed by atoms with van der Waals surface area (Å²) < 4.78 is 18.7. The monoisotopic (exact) mass is 253 g/mol. The molecule has 2 N–H and O–H groups in total. The van der Waals surface area contributed by atoms with E-state index in [4.69, 9.17) is 22.1 Å². The molecule has 0 radical (unpaired) electrons. The molecule has 1 aromatic carbocycles. The van der Waals surface area contributed by atoms with E-state index in [9.17, 15) is 4.39 Å². The molecule has 1 aromatic heterocycles. The second-order valence-electron chi connectivity index (χ2n) is 3.22. The van der Waals surface area contributed by atoms with E-state index >= 15 is 0 Å². The predicted octanol–water partition coefficient (Wildman–Crippen LogP) is 2.52. The highest BCUT2D eigenvalue weighted by molar-refractivity contribution is 6.30. The Morgan fingerprint density at radius 3 is 2.71 bits per heavy atom. The van der Waals surface area contributed by atoms with Gasteiger partial charge in [-0.1, -0.05) is 17.7 Å². The van der Waals surface area contributed by atoms with Gasteiger partial charge < -0.3 is 10.5 Å². The summed E-state index contributed by atoms with van der Waals surface area (Å²) >= 11 is 5.62. The molecule has 4 nitrogen and oxygen atoms in total. The summed E-state index contributed by atoms with van der Waals surface area (Å²) in [5.74, 6) is -0.436. The van der Waals surface area contributed by atoms with Gasteiger partial charge in [-0.3, -0.25) is 0 Å². The zero-order valence-electron chi connectivity index (χ0n) is 8.73. The van der Waals surface area contributed by atoms with Crippen LogP contribution in [0.5, 0.6) is 11.6 Å². The molecular formula is C11H9ClFN3O. The third-order valence-corrected chi connectivity index (χ3v) is 2.33. The van der Waals surface area contributed by atoms with E-state index in [1.165, 1.54) is 12.1 Å². The first-order chi connectivity index (χ1) is 8.20. The third-order valence-electron chi connectivity index (χ3n) is 2.04. The average molecular weight is 254 g/mol. The Morgan fingerprint density at radius 1 is 1.24 bits per heavy atom. The van der Waals surface area contributed by atoms with Gasteiger partial charge in [-0.15, -0.1) is 5.10 Å². The van der Waals surface area contributed by atoms with E-state index in [0.717, 1.165) is 0 Å². The van der Waals surface area contributed by atoms with Gasteiger partial charge in [0.1, 0.15) is 0 Å². The minimum Gasteiger partial charge on any atom is -0.434 e. The summed E-state index contributed by atoms with van der Waals surface area (Å²) in [4.78, 5) is 0. The van der Waals surface area contributed by atoms with E-state index < -0.39 is 5.82 Å². The molecule has 2 aromatic rings. The molecule has 0 saturated carbocycles. The first kappa shape index (κ1) is 11.8. The van der Waals surface area contributed by atoms with E-state index in [-0.39, 0.29) is 16.7 Å². The highest BCUT2D eigenvalue weighted by atomic mass is 35.5. The molecule has 0 saturated heterocycles. The Bertz CT molecular complexity index is 519. The van der Waals surface area contributed by atoms with Gasteiger partial charge in [0.05, 0.1) is 10.7 Å². The molecule has 0 bridgehead atoms. The Balaban J connectivity index is 2.22. The number of rotatable bonds is 3. The number of nitrogens with zero attached hydrogens (tertiary/aromatic N) is 2. The smallest absolute Gasteiger partial charge is 0.239 e. The zero-order chi connectivity index (χ0) is 12.3. The van der Waals surface area contributed by atoms with Crippen molar-refractivity contribution < 1.29 is 9.13 Å². The van der Waals surface area contributed by atoms with Gasteiger partial charge in [0.25, 0.3) is 0 Å². The van der Waals surface area contributed by atoms with Gasteiger partial charge in [0.2, 0.25) is 5.88 Å². The lowest BCUT2D eigenvalue weighted by molar-refractivity contribution is 0.421. The minimum absolute atomic E-state index is 0.00552. The third kappa shape index (κ3) is 2.69. The number of benzene rings is 1. The number of nitrogens with two attached hydrogens (primary N) is 1. The number of aromatic nitrogens is 2. The first-order valence-electron chi connectivity index (χ1n) is 4.85. The van der Waals surface area contributed by atoms with Gasteiger partial charge in [0, 0.05) is 12.6 Å². The topological polar surface area (TPSA) is 61.0 Å². The molecule has 17 heavy (non-hydrogen) atoms. The minimum atomic E-state index is -0.626. The van der Waals surface area contributed by atoms with Crippen molar-refractivity contribution in [3.63, 3.8) is 0 Å². The molecule has 0 atom stereocenters. The van der Waals surface area contributed by atoms with Crippen molar-refractivity contribution in [3.8, 4) is 11.6 Å². The fourth-order valence-electron chi connectivity index (χ4n) is 1.19. The van der Waals surface area contributed by atoms with Crippen LogP contribution in [0.15, 0.2) is 30.3 Å². The van der Waals surface area contributed by atoms with Crippen molar-refractivity contribution in [2.75, 3.05) is 0 Å². The summed E-state index contributed by atoms with van der Waals surface area (Å²) in [6.45, 7) is 0.290. The van der Waals surface area contributed by atoms with E-state index in [1.54, 1.807) is 18.2 Å². The normalized spacial score (nSPS) is 10.3. The largest absolute Gasteiger partial charge is 0.434 e. The van der Waals surface area contributed by atoms with Crippen LogP contribution >= 0.6 is 11.6 Å². The first-order valence-corrected chi connectivity index (χ1v) is 5.23. The van der Waals surface area contributed by atoms with Crippen molar-refractivity contribution in [3.05, 3.63) is 46.9 Å². The highest BCUT2D eigenvalue weighted by Crippen LogP contribution is 2.27. The fourth-order valence-corrected chi connectivity index (χ4v) is 1.35. The second kappa shape index (κ2) is 5.07. The van der Waals surface area contributed by atoms with Crippen LogP contribution in [0.25, 0.3) is 0 Å². The second-order valence-corrected chi connectivity index (χ2v) is 3.63. The SMILES string of the molecule is NCc1ccc(Oc2cccc(Cl)c2F)nn1. The molecule has 88 valence electrons.